The van der Waals surface area contributed by atoms with Crippen molar-refractivity contribution in [1.29, 1.82) is 0 Å². The van der Waals surface area contributed by atoms with Crippen LogP contribution >= 0.6 is 35.3 Å². The van der Waals surface area contributed by atoms with Gasteiger partial charge in [-0.15, -0.1) is 35.3 Å². The zero-order valence-electron chi connectivity index (χ0n) is 14.8. The van der Waals surface area contributed by atoms with Gasteiger partial charge in [-0.3, -0.25) is 4.99 Å². The SMILES string of the molecule is CN=C(NCCCc1nc2ccccc2s1)NCc1cc(F)ccc1F.I. The summed E-state index contributed by atoms with van der Waals surface area (Å²) in [5, 5.41) is 7.28. The van der Waals surface area contributed by atoms with E-state index >= 15 is 0 Å². The molecule has 0 aliphatic heterocycles. The van der Waals surface area contributed by atoms with E-state index in [1.54, 1.807) is 18.4 Å². The number of rotatable bonds is 6. The van der Waals surface area contributed by atoms with Gasteiger partial charge in [0.25, 0.3) is 0 Å². The van der Waals surface area contributed by atoms with Crippen LogP contribution in [0.1, 0.15) is 17.0 Å². The number of hydrogen-bond donors (Lipinski definition) is 2. The number of nitrogens with one attached hydrogen (secondary N) is 2. The lowest BCUT2D eigenvalue weighted by molar-refractivity contribution is 0.581. The summed E-state index contributed by atoms with van der Waals surface area (Å²) in [4.78, 5) is 8.71. The van der Waals surface area contributed by atoms with E-state index in [0.717, 1.165) is 35.5 Å². The standard InChI is InChI=1S/C19H20F2N4S.HI/c1-22-19(24-12-13-11-14(20)8-9-15(13)21)23-10-4-7-18-25-16-5-2-3-6-17(16)26-18;/h2-3,5-6,8-9,11H,4,7,10,12H2,1H3,(H2,22,23,24);1H. The first-order valence-corrected chi connectivity index (χ1v) is 9.20. The molecule has 0 aliphatic carbocycles. The van der Waals surface area contributed by atoms with Crippen molar-refractivity contribution in [2.45, 2.75) is 19.4 Å². The van der Waals surface area contributed by atoms with E-state index < -0.39 is 11.6 Å². The Labute approximate surface area is 178 Å². The van der Waals surface area contributed by atoms with Crippen molar-refractivity contribution in [3.05, 3.63) is 64.7 Å². The molecule has 4 nitrogen and oxygen atoms in total. The Bertz CT molecular complexity index is 881. The summed E-state index contributed by atoms with van der Waals surface area (Å²) >= 11 is 1.71. The Kier molecular flexibility index (Phi) is 8.36. The maximum Gasteiger partial charge on any atom is 0.191 e. The highest BCUT2D eigenvalue weighted by atomic mass is 127. The molecule has 0 unspecified atom stereocenters. The van der Waals surface area contributed by atoms with E-state index in [9.17, 15) is 8.78 Å². The maximum atomic E-state index is 13.6. The molecule has 0 saturated heterocycles. The van der Waals surface area contributed by atoms with Crippen LogP contribution in [0.5, 0.6) is 0 Å². The molecular weight excluding hydrogens is 481 g/mol. The molecule has 3 aromatic rings. The number of thiazole rings is 1. The molecule has 0 saturated carbocycles. The van der Waals surface area contributed by atoms with Gasteiger partial charge in [-0.25, -0.2) is 13.8 Å². The summed E-state index contributed by atoms with van der Waals surface area (Å²) in [7, 11) is 1.64. The van der Waals surface area contributed by atoms with Crippen LogP contribution in [0, 0.1) is 11.6 Å². The minimum absolute atomic E-state index is 0. The fraction of sp³-hybridized carbons (Fsp3) is 0.263. The van der Waals surface area contributed by atoms with Gasteiger partial charge in [0.2, 0.25) is 0 Å². The highest BCUT2D eigenvalue weighted by molar-refractivity contribution is 14.0. The van der Waals surface area contributed by atoms with E-state index in [1.807, 2.05) is 18.2 Å². The van der Waals surface area contributed by atoms with Gasteiger partial charge in [0.1, 0.15) is 11.6 Å². The molecule has 3 rings (SSSR count). The highest BCUT2D eigenvalue weighted by Gasteiger charge is 2.06. The van der Waals surface area contributed by atoms with Crippen molar-refractivity contribution in [2.75, 3.05) is 13.6 Å². The van der Waals surface area contributed by atoms with E-state index in [4.69, 9.17) is 0 Å². The third kappa shape index (κ3) is 6.10. The first kappa shape index (κ1) is 21.5. The van der Waals surface area contributed by atoms with Crippen LogP contribution in [0.3, 0.4) is 0 Å². The highest BCUT2D eigenvalue weighted by Crippen LogP contribution is 2.22. The average Bonchev–Trinajstić information content (AvgIpc) is 3.06. The number of fused-ring (bicyclic) bond motifs is 1. The molecule has 0 amide bonds. The first-order valence-electron chi connectivity index (χ1n) is 8.38. The van der Waals surface area contributed by atoms with Crippen molar-refractivity contribution < 1.29 is 8.78 Å². The van der Waals surface area contributed by atoms with Crippen LogP contribution in [0.2, 0.25) is 0 Å². The third-order valence-corrected chi connectivity index (χ3v) is 4.97. The molecule has 144 valence electrons. The molecule has 2 N–H and O–H groups in total. The van der Waals surface area contributed by atoms with Crippen LogP contribution < -0.4 is 10.6 Å². The lowest BCUT2D eigenvalue weighted by Gasteiger charge is -2.12. The molecule has 0 radical (unpaired) electrons. The van der Waals surface area contributed by atoms with Crippen LogP contribution in [-0.2, 0) is 13.0 Å². The van der Waals surface area contributed by atoms with Gasteiger partial charge < -0.3 is 10.6 Å². The molecule has 0 bridgehead atoms. The Balaban J connectivity index is 0.00000261. The number of aliphatic imine (C=N–C) groups is 1. The number of aryl methyl sites for hydroxylation is 1. The second kappa shape index (κ2) is 10.5. The van der Waals surface area contributed by atoms with Crippen molar-refractivity contribution in [2.24, 2.45) is 4.99 Å². The van der Waals surface area contributed by atoms with Crippen molar-refractivity contribution in [3.8, 4) is 0 Å². The van der Waals surface area contributed by atoms with Gasteiger partial charge in [0.15, 0.2) is 5.96 Å². The predicted molar refractivity (Wildman–Crippen MR) is 118 cm³/mol. The second-order valence-corrected chi connectivity index (χ2v) is 6.88. The molecule has 0 atom stereocenters. The maximum absolute atomic E-state index is 13.6. The fourth-order valence-corrected chi connectivity index (χ4v) is 3.56. The second-order valence-electron chi connectivity index (χ2n) is 5.77. The van der Waals surface area contributed by atoms with Gasteiger partial charge in [-0.05, 0) is 36.8 Å². The monoisotopic (exact) mass is 502 g/mol. The molecule has 0 fully saturated rings. The van der Waals surface area contributed by atoms with Gasteiger partial charge in [0, 0.05) is 32.1 Å². The van der Waals surface area contributed by atoms with Gasteiger partial charge in [-0.2, -0.15) is 0 Å². The van der Waals surface area contributed by atoms with Crippen molar-refractivity contribution in [1.82, 2.24) is 15.6 Å². The first-order chi connectivity index (χ1) is 12.7. The van der Waals surface area contributed by atoms with E-state index in [2.05, 4.69) is 26.7 Å². The fourth-order valence-electron chi connectivity index (χ4n) is 2.55. The summed E-state index contributed by atoms with van der Waals surface area (Å²) in [5.74, 6) is -0.342. The van der Waals surface area contributed by atoms with Crippen LogP contribution in [0.25, 0.3) is 10.2 Å². The van der Waals surface area contributed by atoms with Gasteiger partial charge in [-0.1, -0.05) is 12.1 Å². The van der Waals surface area contributed by atoms with Crippen molar-refractivity contribution in [3.63, 3.8) is 0 Å². The summed E-state index contributed by atoms with van der Waals surface area (Å²) in [6.45, 7) is 0.877. The molecule has 2 aromatic carbocycles. The minimum Gasteiger partial charge on any atom is -0.356 e. The number of para-hydroxylation sites is 1. The van der Waals surface area contributed by atoms with Crippen LogP contribution in [0.15, 0.2) is 47.5 Å². The van der Waals surface area contributed by atoms with E-state index in [-0.39, 0.29) is 36.1 Å². The summed E-state index contributed by atoms with van der Waals surface area (Å²) in [6.07, 6.45) is 1.77. The van der Waals surface area contributed by atoms with Gasteiger partial charge in [0.05, 0.1) is 15.2 Å². The largest absolute Gasteiger partial charge is 0.356 e. The Hall–Kier alpha value is -1.81. The minimum atomic E-state index is -0.456. The van der Waals surface area contributed by atoms with E-state index in [0.29, 0.717) is 12.5 Å². The topological polar surface area (TPSA) is 49.3 Å². The quantitative estimate of drug-likeness (QED) is 0.226. The third-order valence-electron chi connectivity index (χ3n) is 3.88. The normalized spacial score (nSPS) is 11.3. The summed E-state index contributed by atoms with van der Waals surface area (Å²) in [5.41, 5.74) is 1.30. The molecular formula is C19H21F2IN4S. The summed E-state index contributed by atoms with van der Waals surface area (Å²) < 4.78 is 28.0. The Morgan fingerprint density at radius 1 is 1.15 bits per heavy atom. The molecule has 0 spiro atoms. The zero-order chi connectivity index (χ0) is 18.4. The molecule has 27 heavy (non-hydrogen) atoms. The lowest BCUT2D eigenvalue weighted by Crippen LogP contribution is -2.37. The Morgan fingerprint density at radius 3 is 2.74 bits per heavy atom. The number of benzene rings is 2. The van der Waals surface area contributed by atoms with E-state index in [1.165, 1.54) is 10.8 Å². The average molecular weight is 502 g/mol. The number of nitrogens with zero attached hydrogens (tertiary/aromatic N) is 2. The summed E-state index contributed by atoms with van der Waals surface area (Å²) in [6, 6.07) is 11.5. The van der Waals surface area contributed by atoms with Crippen LogP contribution in [-0.4, -0.2) is 24.5 Å². The number of halogens is 3. The van der Waals surface area contributed by atoms with Crippen LogP contribution in [0.4, 0.5) is 8.78 Å². The number of aromatic nitrogens is 1. The molecule has 1 aromatic heterocycles. The number of guanidine groups is 1. The van der Waals surface area contributed by atoms with Crippen molar-refractivity contribution >= 4 is 51.5 Å². The molecule has 8 heteroatoms. The molecule has 0 aliphatic rings. The smallest absolute Gasteiger partial charge is 0.191 e. The zero-order valence-corrected chi connectivity index (χ0v) is 18.0. The molecule has 1 heterocycles. The van der Waals surface area contributed by atoms with Gasteiger partial charge >= 0.3 is 0 Å². The number of hydrogen-bond acceptors (Lipinski definition) is 3. The predicted octanol–water partition coefficient (Wildman–Crippen LogP) is 4.49. The lowest BCUT2D eigenvalue weighted by atomic mass is 10.2. The Morgan fingerprint density at radius 2 is 1.96 bits per heavy atom.